The lowest BCUT2D eigenvalue weighted by Crippen LogP contribution is -2.14. The Balaban J connectivity index is 2.01. The zero-order valence-corrected chi connectivity index (χ0v) is 11.7. The molecule has 0 radical (unpaired) electrons. The van der Waals surface area contributed by atoms with E-state index >= 15 is 0 Å². The molecule has 4 nitrogen and oxygen atoms in total. The summed E-state index contributed by atoms with van der Waals surface area (Å²) in [6.07, 6.45) is 0. The summed E-state index contributed by atoms with van der Waals surface area (Å²) in [5, 5.41) is 7.79. The normalized spacial score (nSPS) is 12.3. The molecule has 2 aromatic rings. The van der Waals surface area contributed by atoms with Crippen molar-refractivity contribution in [2.24, 2.45) is 5.73 Å². The van der Waals surface area contributed by atoms with E-state index in [1.165, 1.54) is 11.3 Å². The van der Waals surface area contributed by atoms with E-state index in [2.05, 4.69) is 10.2 Å². The van der Waals surface area contributed by atoms with Crippen LogP contribution in [0.5, 0.6) is 5.75 Å². The number of rotatable bonds is 6. The molecule has 1 atom stereocenters. The van der Waals surface area contributed by atoms with Crippen LogP contribution in [0.4, 0.5) is 0 Å². The Bertz CT molecular complexity index is 476. The molecule has 1 aromatic heterocycles. The molecule has 1 heterocycles. The lowest BCUT2D eigenvalue weighted by atomic mass is 10.1. The lowest BCUT2D eigenvalue weighted by molar-refractivity contribution is 0.335. The summed E-state index contributed by atoms with van der Waals surface area (Å²) < 4.78 is 6.52. The molecule has 6 heteroatoms. The number of nitrogens with zero attached hydrogens (tertiary/aromatic N) is 2. The van der Waals surface area contributed by atoms with E-state index in [0.29, 0.717) is 6.61 Å². The van der Waals surface area contributed by atoms with Crippen LogP contribution in [-0.4, -0.2) is 22.6 Å². The molecule has 1 aromatic carbocycles. The highest BCUT2D eigenvalue weighted by Crippen LogP contribution is 2.29. The van der Waals surface area contributed by atoms with E-state index in [0.717, 1.165) is 21.4 Å². The Morgan fingerprint density at radius 1 is 1.44 bits per heavy atom. The van der Waals surface area contributed by atoms with E-state index < -0.39 is 0 Å². The fourth-order valence-corrected chi connectivity index (χ4v) is 3.04. The van der Waals surface area contributed by atoms with Gasteiger partial charge in [0.1, 0.15) is 11.3 Å². The zero-order valence-electron chi connectivity index (χ0n) is 10.1. The Labute approximate surface area is 115 Å². The maximum atomic E-state index is 6.20. The molecule has 0 aliphatic heterocycles. The molecule has 2 N–H and O–H groups in total. The van der Waals surface area contributed by atoms with Crippen molar-refractivity contribution in [3.05, 3.63) is 35.3 Å². The first-order valence-electron chi connectivity index (χ1n) is 5.67. The Morgan fingerprint density at radius 3 is 3.00 bits per heavy atom. The quantitative estimate of drug-likeness (QED) is 0.825. The maximum absolute atomic E-state index is 6.20. The van der Waals surface area contributed by atoms with E-state index in [-0.39, 0.29) is 6.04 Å². The molecule has 0 aliphatic carbocycles. The van der Waals surface area contributed by atoms with Crippen molar-refractivity contribution in [2.75, 3.05) is 12.4 Å². The second-order valence-corrected chi connectivity index (χ2v) is 5.69. The molecule has 96 valence electrons. The summed E-state index contributed by atoms with van der Waals surface area (Å²) in [7, 11) is 0. The molecule has 0 spiro atoms. The molecule has 2 rings (SSSR count). The number of para-hydroxylation sites is 1. The van der Waals surface area contributed by atoms with E-state index in [9.17, 15) is 0 Å². The zero-order chi connectivity index (χ0) is 12.8. The minimum absolute atomic E-state index is 0.0679. The highest BCUT2D eigenvalue weighted by molar-refractivity contribution is 8.01. The summed E-state index contributed by atoms with van der Waals surface area (Å²) in [5.74, 6) is 1.63. The van der Waals surface area contributed by atoms with Gasteiger partial charge in [-0.3, -0.25) is 0 Å². The van der Waals surface area contributed by atoms with Gasteiger partial charge in [-0.2, -0.15) is 0 Å². The van der Waals surface area contributed by atoms with Crippen molar-refractivity contribution >= 4 is 23.1 Å². The van der Waals surface area contributed by atoms with Crippen LogP contribution in [-0.2, 0) is 0 Å². The standard InChI is InChI=1S/C12H15N3OS2/c1-2-16-11-6-4-3-5-9(11)10(13)7-17-12-15-14-8-18-12/h3-6,8,10H,2,7,13H2,1H3. The molecule has 0 amide bonds. The third-order valence-electron chi connectivity index (χ3n) is 2.34. The van der Waals surface area contributed by atoms with Crippen molar-refractivity contribution in [3.8, 4) is 5.75 Å². The summed E-state index contributed by atoms with van der Waals surface area (Å²) >= 11 is 3.15. The van der Waals surface area contributed by atoms with Gasteiger partial charge in [-0.25, -0.2) is 0 Å². The average Bonchev–Trinajstić information content (AvgIpc) is 2.90. The van der Waals surface area contributed by atoms with E-state index in [1.807, 2.05) is 31.2 Å². The summed E-state index contributed by atoms with van der Waals surface area (Å²) in [6.45, 7) is 2.62. The van der Waals surface area contributed by atoms with Crippen molar-refractivity contribution < 1.29 is 4.74 Å². The molecule has 18 heavy (non-hydrogen) atoms. The second kappa shape index (κ2) is 6.72. The SMILES string of the molecule is CCOc1ccccc1C(N)CSc1nncs1. The molecular formula is C12H15N3OS2. The largest absolute Gasteiger partial charge is 0.494 e. The highest BCUT2D eigenvalue weighted by atomic mass is 32.2. The molecule has 0 saturated heterocycles. The van der Waals surface area contributed by atoms with E-state index in [1.54, 1.807) is 17.3 Å². The van der Waals surface area contributed by atoms with Crippen molar-refractivity contribution in [1.82, 2.24) is 10.2 Å². The van der Waals surface area contributed by atoms with Gasteiger partial charge in [0, 0.05) is 17.4 Å². The van der Waals surface area contributed by atoms with Crippen LogP contribution in [0.15, 0.2) is 34.1 Å². The third kappa shape index (κ3) is 3.44. The van der Waals surface area contributed by atoms with Gasteiger partial charge in [0.2, 0.25) is 0 Å². The van der Waals surface area contributed by atoms with Crippen LogP contribution >= 0.6 is 23.1 Å². The van der Waals surface area contributed by atoms with Gasteiger partial charge in [0.05, 0.1) is 6.61 Å². The average molecular weight is 281 g/mol. The third-order valence-corrected chi connectivity index (χ3v) is 4.32. The first-order valence-corrected chi connectivity index (χ1v) is 7.54. The molecule has 0 saturated carbocycles. The number of thioether (sulfide) groups is 1. The fourth-order valence-electron chi connectivity index (χ4n) is 1.55. The predicted octanol–water partition coefficient (Wildman–Crippen LogP) is 2.73. The van der Waals surface area contributed by atoms with Gasteiger partial charge in [-0.15, -0.1) is 10.2 Å². The van der Waals surface area contributed by atoms with Crippen LogP contribution < -0.4 is 10.5 Å². The molecular weight excluding hydrogens is 266 g/mol. The van der Waals surface area contributed by atoms with Gasteiger partial charge >= 0.3 is 0 Å². The van der Waals surface area contributed by atoms with Gasteiger partial charge in [-0.05, 0) is 13.0 Å². The number of nitrogens with two attached hydrogens (primary N) is 1. The monoisotopic (exact) mass is 281 g/mol. The Hall–Kier alpha value is -1.11. The van der Waals surface area contributed by atoms with Gasteiger partial charge in [0.25, 0.3) is 0 Å². The molecule has 0 aliphatic rings. The molecule has 0 fully saturated rings. The minimum Gasteiger partial charge on any atom is -0.494 e. The topological polar surface area (TPSA) is 61.0 Å². The van der Waals surface area contributed by atoms with Crippen molar-refractivity contribution in [3.63, 3.8) is 0 Å². The molecule has 0 bridgehead atoms. The smallest absolute Gasteiger partial charge is 0.174 e. The number of hydrogen-bond donors (Lipinski definition) is 1. The predicted molar refractivity (Wildman–Crippen MR) is 75.2 cm³/mol. The summed E-state index contributed by atoms with van der Waals surface area (Å²) in [6, 6.07) is 7.83. The first kappa shape index (κ1) is 13.3. The van der Waals surface area contributed by atoms with Crippen LogP contribution in [0, 0.1) is 0 Å². The van der Waals surface area contributed by atoms with Crippen LogP contribution in [0.2, 0.25) is 0 Å². The summed E-state index contributed by atoms with van der Waals surface area (Å²) in [5.41, 5.74) is 8.96. The second-order valence-electron chi connectivity index (χ2n) is 3.59. The van der Waals surface area contributed by atoms with E-state index in [4.69, 9.17) is 10.5 Å². The van der Waals surface area contributed by atoms with Crippen LogP contribution in [0.3, 0.4) is 0 Å². The van der Waals surface area contributed by atoms with Crippen LogP contribution in [0.1, 0.15) is 18.5 Å². The lowest BCUT2D eigenvalue weighted by Gasteiger charge is -2.15. The number of hydrogen-bond acceptors (Lipinski definition) is 6. The maximum Gasteiger partial charge on any atom is 0.174 e. The van der Waals surface area contributed by atoms with Gasteiger partial charge in [-0.1, -0.05) is 41.3 Å². The number of aromatic nitrogens is 2. The van der Waals surface area contributed by atoms with Gasteiger partial charge in [0.15, 0.2) is 4.34 Å². The highest BCUT2D eigenvalue weighted by Gasteiger charge is 2.12. The number of benzene rings is 1. The Morgan fingerprint density at radius 2 is 2.28 bits per heavy atom. The van der Waals surface area contributed by atoms with Crippen LogP contribution in [0.25, 0.3) is 0 Å². The summed E-state index contributed by atoms with van der Waals surface area (Å²) in [4.78, 5) is 0. The minimum atomic E-state index is -0.0679. The molecule has 1 unspecified atom stereocenters. The number of ether oxygens (including phenoxy) is 1. The Kier molecular flexibility index (Phi) is 4.98. The first-order chi connectivity index (χ1) is 8.81. The van der Waals surface area contributed by atoms with Gasteiger partial charge < -0.3 is 10.5 Å². The fraction of sp³-hybridized carbons (Fsp3) is 0.333. The van der Waals surface area contributed by atoms with Crippen molar-refractivity contribution in [1.29, 1.82) is 0 Å². The van der Waals surface area contributed by atoms with Crippen molar-refractivity contribution in [2.45, 2.75) is 17.3 Å².